The van der Waals surface area contributed by atoms with Crippen LogP contribution < -0.4 is 4.90 Å². The smallest absolute Gasteiger partial charge is 0.274 e. The van der Waals surface area contributed by atoms with Crippen molar-refractivity contribution >= 4 is 32.6 Å². The molecule has 3 aromatic rings. The number of thiazole rings is 1. The number of nitrogens with zero attached hydrogens (tertiary/aromatic N) is 5. The minimum Gasteiger partial charge on any atom is -0.345 e. The molecule has 2 aromatic heterocycles. The van der Waals surface area contributed by atoms with E-state index in [2.05, 4.69) is 15.0 Å². The van der Waals surface area contributed by atoms with Crippen LogP contribution in [0, 0.1) is 12.7 Å². The minimum absolute atomic E-state index is 0.0327. The summed E-state index contributed by atoms with van der Waals surface area (Å²) in [4.78, 5) is 21.1. The lowest BCUT2D eigenvalue weighted by molar-refractivity contribution is 0.0740. The van der Waals surface area contributed by atoms with Gasteiger partial charge in [-0.15, -0.1) is 0 Å². The molecule has 0 radical (unpaired) electrons. The van der Waals surface area contributed by atoms with Gasteiger partial charge in [-0.05, 0) is 31.2 Å². The number of carbonyl (C=O) groups is 1. The number of piperazine rings is 1. The third-order valence-corrected chi connectivity index (χ3v) is 5.59. The zero-order chi connectivity index (χ0) is 17.6. The number of rotatable bonds is 2. The topological polar surface area (TPSA) is 54.3 Å². The molecule has 0 saturated carbocycles. The Labute approximate surface area is 148 Å². The highest BCUT2D eigenvalue weighted by atomic mass is 32.1. The quantitative estimate of drug-likeness (QED) is 0.705. The van der Waals surface area contributed by atoms with Crippen LogP contribution in [0.5, 0.6) is 0 Å². The predicted octanol–water partition coefficient (Wildman–Crippen LogP) is 2.44. The molecular weight excluding hydrogens is 341 g/mol. The summed E-state index contributed by atoms with van der Waals surface area (Å²) < 4.78 is 15.9. The van der Waals surface area contributed by atoms with E-state index in [1.54, 1.807) is 10.7 Å². The number of amides is 1. The fourth-order valence-corrected chi connectivity index (χ4v) is 3.99. The van der Waals surface area contributed by atoms with E-state index in [-0.39, 0.29) is 11.7 Å². The van der Waals surface area contributed by atoms with Crippen molar-refractivity contribution < 1.29 is 9.18 Å². The number of aromatic nitrogens is 3. The van der Waals surface area contributed by atoms with Crippen LogP contribution in [0.15, 0.2) is 24.3 Å². The van der Waals surface area contributed by atoms with Crippen molar-refractivity contribution in [2.24, 2.45) is 7.05 Å². The molecule has 1 amide bonds. The normalized spacial score (nSPS) is 15.2. The highest BCUT2D eigenvalue weighted by Crippen LogP contribution is 2.30. The zero-order valence-corrected chi connectivity index (χ0v) is 14.9. The van der Waals surface area contributed by atoms with Gasteiger partial charge in [-0.3, -0.25) is 9.48 Å². The third kappa shape index (κ3) is 2.97. The van der Waals surface area contributed by atoms with Gasteiger partial charge in [-0.1, -0.05) is 11.3 Å². The van der Waals surface area contributed by atoms with Gasteiger partial charge in [0.25, 0.3) is 5.91 Å². The van der Waals surface area contributed by atoms with Gasteiger partial charge in [0, 0.05) is 38.9 Å². The predicted molar refractivity (Wildman–Crippen MR) is 95.6 cm³/mol. The number of halogens is 1. The number of benzene rings is 1. The van der Waals surface area contributed by atoms with Crippen molar-refractivity contribution in [1.82, 2.24) is 19.7 Å². The molecule has 0 N–H and O–H groups in total. The highest BCUT2D eigenvalue weighted by Gasteiger charge is 2.25. The maximum absolute atomic E-state index is 13.3. The van der Waals surface area contributed by atoms with Crippen molar-refractivity contribution in [2.75, 3.05) is 31.1 Å². The number of aryl methyl sites for hydroxylation is 2. The van der Waals surface area contributed by atoms with Gasteiger partial charge in [0.05, 0.1) is 10.2 Å². The Morgan fingerprint density at radius 3 is 2.64 bits per heavy atom. The first kappa shape index (κ1) is 16.0. The third-order valence-electron chi connectivity index (χ3n) is 4.51. The molecule has 8 heteroatoms. The molecule has 1 aliphatic rings. The Morgan fingerprint density at radius 2 is 1.96 bits per heavy atom. The number of hydrogen-bond acceptors (Lipinski definition) is 5. The molecule has 6 nitrogen and oxygen atoms in total. The minimum atomic E-state index is -0.247. The second-order valence-corrected chi connectivity index (χ2v) is 7.19. The summed E-state index contributed by atoms with van der Waals surface area (Å²) in [5, 5.41) is 5.14. The summed E-state index contributed by atoms with van der Waals surface area (Å²) in [7, 11) is 1.83. The molecule has 1 aromatic carbocycles. The summed E-state index contributed by atoms with van der Waals surface area (Å²) in [5.41, 5.74) is 2.26. The lowest BCUT2D eigenvalue weighted by Gasteiger charge is -2.34. The van der Waals surface area contributed by atoms with Gasteiger partial charge >= 0.3 is 0 Å². The Hall–Kier alpha value is -2.48. The monoisotopic (exact) mass is 359 g/mol. The first-order valence-corrected chi connectivity index (χ1v) is 8.94. The molecular formula is C17H18FN5OS. The van der Waals surface area contributed by atoms with Gasteiger partial charge in [0.15, 0.2) is 10.8 Å². The lowest BCUT2D eigenvalue weighted by atomic mass is 10.2. The fourth-order valence-electron chi connectivity index (χ4n) is 2.95. The fraction of sp³-hybridized carbons (Fsp3) is 0.353. The summed E-state index contributed by atoms with van der Waals surface area (Å²) >= 11 is 1.48. The molecule has 1 aliphatic heterocycles. The van der Waals surface area contributed by atoms with Crippen LogP contribution in [0.25, 0.3) is 10.2 Å². The van der Waals surface area contributed by atoms with E-state index in [4.69, 9.17) is 0 Å². The largest absolute Gasteiger partial charge is 0.345 e. The second-order valence-electron chi connectivity index (χ2n) is 6.18. The summed E-state index contributed by atoms with van der Waals surface area (Å²) in [5.74, 6) is -0.279. The SMILES string of the molecule is Cc1cc(C(=O)N2CCN(c3nc4ccc(F)cc4s3)CC2)nn1C. The Kier molecular flexibility index (Phi) is 3.91. The van der Waals surface area contributed by atoms with Crippen molar-refractivity contribution in [2.45, 2.75) is 6.92 Å². The average molecular weight is 359 g/mol. The average Bonchev–Trinajstić information content (AvgIpc) is 3.17. The Balaban J connectivity index is 1.46. The molecule has 0 spiro atoms. The summed E-state index contributed by atoms with van der Waals surface area (Å²) in [6, 6.07) is 6.46. The molecule has 3 heterocycles. The lowest BCUT2D eigenvalue weighted by Crippen LogP contribution is -2.48. The van der Waals surface area contributed by atoms with Crippen LogP contribution in [-0.4, -0.2) is 51.8 Å². The molecule has 25 heavy (non-hydrogen) atoms. The van der Waals surface area contributed by atoms with E-state index in [0.29, 0.717) is 31.9 Å². The summed E-state index contributed by atoms with van der Waals surface area (Å²) in [6.07, 6.45) is 0. The van der Waals surface area contributed by atoms with E-state index in [9.17, 15) is 9.18 Å². The van der Waals surface area contributed by atoms with Gasteiger partial charge in [0.1, 0.15) is 5.82 Å². The van der Waals surface area contributed by atoms with Crippen LogP contribution in [0.1, 0.15) is 16.2 Å². The van der Waals surface area contributed by atoms with E-state index < -0.39 is 0 Å². The highest BCUT2D eigenvalue weighted by molar-refractivity contribution is 7.22. The Morgan fingerprint density at radius 1 is 1.20 bits per heavy atom. The summed E-state index contributed by atoms with van der Waals surface area (Å²) in [6.45, 7) is 4.59. The van der Waals surface area contributed by atoms with Crippen molar-refractivity contribution in [3.8, 4) is 0 Å². The van der Waals surface area contributed by atoms with Crippen LogP contribution >= 0.6 is 11.3 Å². The van der Waals surface area contributed by atoms with E-state index in [1.807, 2.05) is 24.9 Å². The van der Waals surface area contributed by atoms with Crippen LogP contribution in [0.3, 0.4) is 0 Å². The van der Waals surface area contributed by atoms with E-state index >= 15 is 0 Å². The molecule has 0 atom stereocenters. The Bertz CT molecular complexity index is 922. The van der Waals surface area contributed by atoms with Gasteiger partial charge < -0.3 is 9.80 Å². The van der Waals surface area contributed by atoms with Crippen molar-refractivity contribution in [1.29, 1.82) is 0 Å². The maximum Gasteiger partial charge on any atom is 0.274 e. The van der Waals surface area contributed by atoms with Gasteiger partial charge in [-0.2, -0.15) is 5.10 Å². The molecule has 0 unspecified atom stereocenters. The van der Waals surface area contributed by atoms with Crippen molar-refractivity contribution in [3.05, 3.63) is 41.5 Å². The van der Waals surface area contributed by atoms with E-state index in [1.165, 1.54) is 23.5 Å². The van der Waals surface area contributed by atoms with Crippen LogP contribution in [-0.2, 0) is 7.05 Å². The standard InChI is InChI=1S/C17H18FN5OS/c1-11-9-14(20-21(11)2)16(24)22-5-7-23(8-6-22)17-19-13-4-3-12(18)10-15(13)25-17/h3-4,9-10H,5-8H2,1-2H3. The van der Waals surface area contributed by atoms with Crippen molar-refractivity contribution in [3.63, 3.8) is 0 Å². The zero-order valence-electron chi connectivity index (χ0n) is 14.1. The maximum atomic E-state index is 13.3. The van der Waals surface area contributed by atoms with Gasteiger partial charge in [-0.25, -0.2) is 9.37 Å². The molecule has 0 aliphatic carbocycles. The second kappa shape index (κ2) is 6.11. The number of fused-ring (bicyclic) bond motifs is 1. The number of carbonyl (C=O) groups excluding carboxylic acids is 1. The molecule has 0 bridgehead atoms. The molecule has 1 saturated heterocycles. The van der Waals surface area contributed by atoms with E-state index in [0.717, 1.165) is 21.0 Å². The van der Waals surface area contributed by atoms with Crippen LogP contribution in [0.2, 0.25) is 0 Å². The number of anilines is 1. The molecule has 1 fully saturated rings. The first-order valence-electron chi connectivity index (χ1n) is 8.12. The molecule has 130 valence electrons. The first-order chi connectivity index (χ1) is 12.0. The van der Waals surface area contributed by atoms with Crippen LogP contribution in [0.4, 0.5) is 9.52 Å². The number of hydrogen-bond donors (Lipinski definition) is 0. The van der Waals surface area contributed by atoms with Gasteiger partial charge in [0.2, 0.25) is 0 Å². The molecule has 4 rings (SSSR count).